The third-order valence-electron chi connectivity index (χ3n) is 5.66. The number of hydrogen-bond acceptors (Lipinski definition) is 5. The molecule has 0 aromatic heterocycles. The van der Waals surface area contributed by atoms with Crippen LogP contribution in [0.25, 0.3) is 0 Å². The predicted octanol–water partition coefficient (Wildman–Crippen LogP) is 3.48. The van der Waals surface area contributed by atoms with Crippen molar-refractivity contribution in [1.82, 2.24) is 5.32 Å². The van der Waals surface area contributed by atoms with E-state index in [-0.39, 0.29) is 18.9 Å². The van der Waals surface area contributed by atoms with Crippen LogP contribution < -0.4 is 19.7 Å². The Morgan fingerprint density at radius 1 is 1.03 bits per heavy atom. The molecule has 182 valence electrons. The molecule has 9 heteroatoms. The lowest BCUT2D eigenvalue weighted by molar-refractivity contribution is -0.122. The van der Waals surface area contributed by atoms with Crippen molar-refractivity contribution in [2.45, 2.75) is 26.0 Å². The number of nitrogens with one attached hydrogen (secondary N) is 2. The highest BCUT2D eigenvalue weighted by Gasteiger charge is 2.31. The first-order valence-corrected chi connectivity index (χ1v) is 13.0. The van der Waals surface area contributed by atoms with Gasteiger partial charge in [0, 0.05) is 19.5 Å². The molecule has 0 aliphatic carbocycles. The van der Waals surface area contributed by atoms with Crippen LogP contribution in [0.15, 0.2) is 72.8 Å². The minimum absolute atomic E-state index is 0.0899. The average molecular weight is 494 g/mol. The quantitative estimate of drug-likeness (QED) is 0.547. The van der Waals surface area contributed by atoms with E-state index in [1.807, 2.05) is 37.3 Å². The summed E-state index contributed by atoms with van der Waals surface area (Å²) in [6.45, 7) is 2.30. The van der Waals surface area contributed by atoms with Crippen LogP contribution in [0.5, 0.6) is 5.75 Å². The van der Waals surface area contributed by atoms with Gasteiger partial charge in [-0.2, -0.15) is 0 Å². The maximum absolute atomic E-state index is 13.2. The highest BCUT2D eigenvalue weighted by Crippen LogP contribution is 2.35. The summed E-state index contributed by atoms with van der Waals surface area (Å²) >= 11 is 0. The Bertz CT molecular complexity index is 1340. The molecule has 2 N–H and O–H groups in total. The van der Waals surface area contributed by atoms with Gasteiger partial charge in [-0.25, -0.2) is 8.42 Å². The maximum Gasteiger partial charge on any atom is 0.265 e. The van der Waals surface area contributed by atoms with Crippen molar-refractivity contribution in [2.24, 2.45) is 0 Å². The summed E-state index contributed by atoms with van der Waals surface area (Å²) in [5.74, 6) is -0.474. The monoisotopic (exact) mass is 493 g/mol. The Labute approximate surface area is 205 Å². The number of ether oxygens (including phenoxy) is 1. The van der Waals surface area contributed by atoms with Gasteiger partial charge < -0.3 is 15.4 Å². The van der Waals surface area contributed by atoms with Crippen LogP contribution in [0, 0.1) is 6.92 Å². The number of nitrogens with zero attached hydrogens (tertiary/aromatic N) is 1. The lowest BCUT2D eigenvalue weighted by Crippen LogP contribution is -2.36. The summed E-state index contributed by atoms with van der Waals surface area (Å²) in [6, 6.07) is 21.4. The third-order valence-corrected chi connectivity index (χ3v) is 6.84. The number of rotatable bonds is 6. The molecule has 3 aromatic carbocycles. The van der Waals surface area contributed by atoms with Gasteiger partial charge in [0.15, 0.2) is 6.10 Å². The van der Waals surface area contributed by atoms with Crippen LogP contribution in [0.2, 0.25) is 0 Å². The Kier molecular flexibility index (Phi) is 7.07. The van der Waals surface area contributed by atoms with Crippen LogP contribution in [0.4, 0.5) is 11.4 Å². The van der Waals surface area contributed by atoms with E-state index in [9.17, 15) is 18.0 Å². The average Bonchev–Trinajstić information content (AvgIpc) is 3.03. The number of carbonyl (C=O) groups is 2. The molecule has 1 aliphatic rings. The number of anilines is 2. The van der Waals surface area contributed by atoms with Crippen molar-refractivity contribution in [2.75, 3.05) is 22.4 Å². The smallest absolute Gasteiger partial charge is 0.265 e. The van der Waals surface area contributed by atoms with Gasteiger partial charge in [-0.1, -0.05) is 48.5 Å². The van der Waals surface area contributed by atoms with Gasteiger partial charge in [0.05, 0.1) is 23.2 Å². The second-order valence-corrected chi connectivity index (χ2v) is 10.3. The fourth-order valence-electron chi connectivity index (χ4n) is 3.89. The van der Waals surface area contributed by atoms with Crippen molar-refractivity contribution in [3.63, 3.8) is 0 Å². The molecule has 1 heterocycles. The topological polar surface area (TPSA) is 105 Å². The van der Waals surface area contributed by atoms with Crippen LogP contribution >= 0.6 is 0 Å². The highest BCUT2D eigenvalue weighted by molar-refractivity contribution is 7.92. The standard InChI is InChI=1S/C26H27N3O5S/c1-18-12-13-23-22(16-18)29(35(2,32)33)15-14-24(34-23)26(31)28-21-11-7-6-10-20(21)25(30)27-17-19-8-4-3-5-9-19/h3-13,16,24H,14-15,17H2,1-2H3,(H,27,30)(H,28,31). The number of benzene rings is 3. The zero-order chi connectivity index (χ0) is 25.0. The number of carbonyl (C=O) groups excluding carboxylic acids is 2. The number of amides is 2. The molecule has 4 rings (SSSR count). The van der Waals surface area contributed by atoms with Crippen molar-refractivity contribution < 1.29 is 22.7 Å². The second-order valence-electron chi connectivity index (χ2n) is 8.40. The number of aryl methyl sites for hydroxylation is 1. The molecule has 1 unspecified atom stereocenters. The summed E-state index contributed by atoms with van der Waals surface area (Å²) in [5, 5.41) is 5.65. The predicted molar refractivity (Wildman–Crippen MR) is 135 cm³/mol. The summed E-state index contributed by atoms with van der Waals surface area (Å²) in [4.78, 5) is 26.0. The zero-order valence-electron chi connectivity index (χ0n) is 19.5. The molecule has 1 atom stereocenters. The van der Waals surface area contributed by atoms with Gasteiger partial charge in [-0.3, -0.25) is 13.9 Å². The van der Waals surface area contributed by atoms with E-state index >= 15 is 0 Å². The van der Waals surface area contributed by atoms with E-state index in [2.05, 4.69) is 10.6 Å². The fourth-order valence-corrected chi connectivity index (χ4v) is 4.83. The Morgan fingerprint density at radius 2 is 1.74 bits per heavy atom. The minimum atomic E-state index is -3.57. The van der Waals surface area contributed by atoms with Gasteiger partial charge in [0.1, 0.15) is 5.75 Å². The van der Waals surface area contributed by atoms with E-state index in [1.54, 1.807) is 42.5 Å². The van der Waals surface area contributed by atoms with Crippen LogP contribution in [-0.4, -0.2) is 39.1 Å². The molecule has 0 radical (unpaired) electrons. The number of para-hydroxylation sites is 1. The highest BCUT2D eigenvalue weighted by atomic mass is 32.2. The van der Waals surface area contributed by atoms with E-state index in [0.717, 1.165) is 17.4 Å². The largest absolute Gasteiger partial charge is 0.478 e. The number of sulfonamides is 1. The molecular formula is C26H27N3O5S. The zero-order valence-corrected chi connectivity index (χ0v) is 20.3. The summed E-state index contributed by atoms with van der Waals surface area (Å²) in [5.41, 5.74) is 2.90. The number of fused-ring (bicyclic) bond motifs is 1. The van der Waals surface area contributed by atoms with E-state index in [0.29, 0.717) is 29.2 Å². The van der Waals surface area contributed by atoms with Crippen LogP contribution in [-0.2, 0) is 21.4 Å². The first-order valence-electron chi connectivity index (χ1n) is 11.2. The first kappa shape index (κ1) is 24.3. The summed E-state index contributed by atoms with van der Waals surface area (Å²) in [7, 11) is -3.57. The Morgan fingerprint density at radius 3 is 2.49 bits per heavy atom. The molecule has 3 aromatic rings. The van der Waals surface area contributed by atoms with Gasteiger partial charge in [0.2, 0.25) is 10.0 Å². The molecule has 0 saturated carbocycles. The van der Waals surface area contributed by atoms with Crippen molar-refractivity contribution in [1.29, 1.82) is 0 Å². The van der Waals surface area contributed by atoms with Gasteiger partial charge in [-0.15, -0.1) is 0 Å². The molecule has 0 bridgehead atoms. The molecule has 0 saturated heterocycles. The van der Waals surface area contributed by atoms with E-state index < -0.39 is 22.0 Å². The third kappa shape index (κ3) is 5.81. The van der Waals surface area contributed by atoms with Crippen LogP contribution in [0.1, 0.15) is 27.9 Å². The van der Waals surface area contributed by atoms with Crippen molar-refractivity contribution in [3.8, 4) is 5.75 Å². The van der Waals surface area contributed by atoms with Gasteiger partial charge in [0.25, 0.3) is 11.8 Å². The van der Waals surface area contributed by atoms with Crippen LogP contribution in [0.3, 0.4) is 0 Å². The molecule has 35 heavy (non-hydrogen) atoms. The Balaban J connectivity index is 1.51. The molecule has 1 aliphatic heterocycles. The van der Waals surface area contributed by atoms with Gasteiger partial charge in [-0.05, 0) is 42.3 Å². The van der Waals surface area contributed by atoms with E-state index in [4.69, 9.17) is 4.74 Å². The summed E-state index contributed by atoms with van der Waals surface area (Å²) in [6.07, 6.45) is 0.336. The molecule has 0 spiro atoms. The van der Waals surface area contributed by atoms with Crippen molar-refractivity contribution >= 4 is 33.2 Å². The SMILES string of the molecule is Cc1ccc2c(c1)N(S(C)(=O)=O)CCC(C(=O)Nc1ccccc1C(=O)NCc1ccccc1)O2. The Hall–Kier alpha value is -3.85. The second kappa shape index (κ2) is 10.2. The molecule has 2 amide bonds. The lowest BCUT2D eigenvalue weighted by Gasteiger charge is -2.21. The first-order chi connectivity index (χ1) is 16.7. The normalized spacial score (nSPS) is 15.4. The number of hydrogen-bond donors (Lipinski definition) is 2. The summed E-state index contributed by atoms with van der Waals surface area (Å²) < 4.78 is 32.0. The molecular weight excluding hydrogens is 466 g/mol. The molecule has 8 nitrogen and oxygen atoms in total. The lowest BCUT2D eigenvalue weighted by atomic mass is 10.1. The van der Waals surface area contributed by atoms with Gasteiger partial charge >= 0.3 is 0 Å². The fraction of sp³-hybridized carbons (Fsp3) is 0.231. The maximum atomic E-state index is 13.2. The molecule has 0 fully saturated rings. The van der Waals surface area contributed by atoms with Crippen molar-refractivity contribution in [3.05, 3.63) is 89.5 Å². The van der Waals surface area contributed by atoms with E-state index in [1.165, 1.54) is 4.31 Å². The minimum Gasteiger partial charge on any atom is -0.478 e.